The van der Waals surface area contributed by atoms with Gasteiger partial charge in [-0.25, -0.2) is 4.98 Å². The molecular formula is C21H22N2O3S. The molecule has 2 aromatic heterocycles. The molecule has 0 aliphatic heterocycles. The lowest BCUT2D eigenvalue weighted by atomic mass is 10.2. The highest BCUT2D eigenvalue weighted by molar-refractivity contribution is 7.12. The molecule has 0 aliphatic rings. The molecule has 0 atom stereocenters. The molecule has 6 heteroatoms. The van der Waals surface area contributed by atoms with Crippen molar-refractivity contribution in [2.75, 3.05) is 6.61 Å². The number of thiophene rings is 1. The summed E-state index contributed by atoms with van der Waals surface area (Å²) >= 11 is 1.44. The van der Waals surface area contributed by atoms with Crippen molar-refractivity contribution in [1.29, 1.82) is 0 Å². The summed E-state index contributed by atoms with van der Waals surface area (Å²) in [6, 6.07) is 13.1. The Hall–Kier alpha value is -2.86. The molecule has 0 unspecified atom stereocenters. The Kier molecular flexibility index (Phi) is 6.44. The van der Waals surface area contributed by atoms with E-state index in [0.717, 1.165) is 28.2 Å². The van der Waals surface area contributed by atoms with Crippen LogP contribution in [0.3, 0.4) is 0 Å². The quantitative estimate of drug-likeness (QED) is 0.598. The summed E-state index contributed by atoms with van der Waals surface area (Å²) in [7, 11) is 0. The van der Waals surface area contributed by atoms with Crippen molar-refractivity contribution in [1.82, 2.24) is 10.3 Å². The second-order valence-corrected chi connectivity index (χ2v) is 6.92. The van der Waals surface area contributed by atoms with Crippen LogP contribution >= 0.6 is 11.3 Å². The fraction of sp³-hybridized carbons (Fsp3) is 0.238. The van der Waals surface area contributed by atoms with E-state index in [1.54, 1.807) is 6.20 Å². The van der Waals surface area contributed by atoms with Crippen LogP contribution in [0.5, 0.6) is 17.4 Å². The highest BCUT2D eigenvalue weighted by Gasteiger charge is 2.12. The van der Waals surface area contributed by atoms with Crippen LogP contribution in [-0.2, 0) is 6.54 Å². The molecule has 27 heavy (non-hydrogen) atoms. The highest BCUT2D eigenvalue weighted by atomic mass is 32.1. The van der Waals surface area contributed by atoms with E-state index in [9.17, 15) is 4.79 Å². The number of rotatable bonds is 8. The highest BCUT2D eigenvalue weighted by Crippen LogP contribution is 2.25. The molecule has 140 valence electrons. The van der Waals surface area contributed by atoms with Gasteiger partial charge < -0.3 is 14.8 Å². The SMILES string of the molecule is CCCOc1ccc(Oc2ncccc2CNC(=O)c2sccc2C)cc1. The molecule has 1 amide bonds. The maximum absolute atomic E-state index is 12.3. The number of carbonyl (C=O) groups excluding carboxylic acids is 1. The predicted octanol–water partition coefficient (Wildman–Crippen LogP) is 4.96. The molecule has 3 aromatic rings. The van der Waals surface area contributed by atoms with E-state index in [4.69, 9.17) is 9.47 Å². The van der Waals surface area contributed by atoms with Gasteiger partial charge in [0.05, 0.1) is 11.5 Å². The summed E-state index contributed by atoms with van der Waals surface area (Å²) in [5, 5.41) is 4.85. The fourth-order valence-corrected chi connectivity index (χ4v) is 3.29. The van der Waals surface area contributed by atoms with Crippen molar-refractivity contribution in [3.05, 3.63) is 70.0 Å². The van der Waals surface area contributed by atoms with Crippen molar-refractivity contribution >= 4 is 17.2 Å². The number of ether oxygens (including phenoxy) is 2. The number of amides is 1. The third kappa shape index (κ3) is 5.08. The molecule has 0 saturated heterocycles. The lowest BCUT2D eigenvalue weighted by Gasteiger charge is -2.11. The number of pyridine rings is 1. The van der Waals surface area contributed by atoms with Gasteiger partial charge in [-0.2, -0.15) is 0 Å². The van der Waals surface area contributed by atoms with Gasteiger partial charge in [-0.15, -0.1) is 11.3 Å². The smallest absolute Gasteiger partial charge is 0.261 e. The van der Waals surface area contributed by atoms with Crippen molar-refractivity contribution in [2.24, 2.45) is 0 Å². The Labute approximate surface area is 163 Å². The van der Waals surface area contributed by atoms with E-state index in [1.807, 2.05) is 54.8 Å². The van der Waals surface area contributed by atoms with Gasteiger partial charge in [-0.05, 0) is 60.7 Å². The number of benzene rings is 1. The van der Waals surface area contributed by atoms with E-state index in [0.29, 0.717) is 24.8 Å². The molecule has 0 radical (unpaired) electrons. The van der Waals surface area contributed by atoms with Gasteiger partial charge in [0.2, 0.25) is 5.88 Å². The number of carbonyl (C=O) groups is 1. The zero-order valence-corrected chi connectivity index (χ0v) is 16.2. The largest absolute Gasteiger partial charge is 0.494 e. The van der Waals surface area contributed by atoms with E-state index in [1.165, 1.54) is 11.3 Å². The van der Waals surface area contributed by atoms with Gasteiger partial charge in [0.1, 0.15) is 11.5 Å². The number of nitrogens with zero attached hydrogens (tertiary/aromatic N) is 1. The van der Waals surface area contributed by atoms with Crippen LogP contribution < -0.4 is 14.8 Å². The van der Waals surface area contributed by atoms with Gasteiger partial charge in [0, 0.05) is 18.3 Å². The van der Waals surface area contributed by atoms with Crippen LogP contribution in [0.15, 0.2) is 54.0 Å². The van der Waals surface area contributed by atoms with Crippen LogP contribution in [0.25, 0.3) is 0 Å². The third-order valence-corrected chi connectivity index (χ3v) is 4.88. The molecule has 0 bridgehead atoms. The third-order valence-electron chi connectivity index (χ3n) is 3.87. The maximum Gasteiger partial charge on any atom is 0.261 e. The number of hydrogen-bond acceptors (Lipinski definition) is 5. The average Bonchev–Trinajstić information content (AvgIpc) is 3.12. The first-order valence-electron chi connectivity index (χ1n) is 8.84. The number of aryl methyl sites for hydroxylation is 1. The second-order valence-electron chi connectivity index (χ2n) is 6.01. The first-order valence-corrected chi connectivity index (χ1v) is 9.72. The standard InChI is InChI=1S/C21H22N2O3S/c1-3-12-25-17-6-8-18(9-7-17)26-21-16(5-4-11-22-21)14-23-20(24)19-15(2)10-13-27-19/h4-11,13H,3,12,14H2,1-2H3,(H,23,24). The summed E-state index contributed by atoms with van der Waals surface area (Å²) in [6.07, 6.45) is 2.63. The van der Waals surface area contributed by atoms with Crippen LogP contribution in [-0.4, -0.2) is 17.5 Å². The molecular weight excluding hydrogens is 360 g/mol. The molecule has 2 heterocycles. The van der Waals surface area contributed by atoms with E-state index in [-0.39, 0.29) is 5.91 Å². The first kappa shape index (κ1) is 18.9. The second kappa shape index (κ2) is 9.19. The van der Waals surface area contributed by atoms with Gasteiger partial charge in [-0.1, -0.05) is 13.0 Å². The summed E-state index contributed by atoms with van der Waals surface area (Å²) in [4.78, 5) is 17.3. The topological polar surface area (TPSA) is 60.5 Å². The van der Waals surface area contributed by atoms with Gasteiger partial charge in [0.15, 0.2) is 0 Å². The number of aromatic nitrogens is 1. The minimum Gasteiger partial charge on any atom is -0.494 e. The molecule has 3 rings (SSSR count). The Morgan fingerprint density at radius 2 is 1.93 bits per heavy atom. The monoisotopic (exact) mass is 382 g/mol. The van der Waals surface area contributed by atoms with Crippen molar-refractivity contribution in [3.63, 3.8) is 0 Å². The Morgan fingerprint density at radius 1 is 1.15 bits per heavy atom. The lowest BCUT2D eigenvalue weighted by Crippen LogP contribution is -2.22. The molecule has 0 spiro atoms. The van der Waals surface area contributed by atoms with Crippen LogP contribution in [0.1, 0.15) is 34.1 Å². The Balaban J connectivity index is 1.65. The number of hydrogen-bond donors (Lipinski definition) is 1. The van der Waals surface area contributed by atoms with Crippen LogP contribution in [0.2, 0.25) is 0 Å². The van der Waals surface area contributed by atoms with Crippen molar-refractivity contribution < 1.29 is 14.3 Å². The summed E-state index contributed by atoms with van der Waals surface area (Å²) in [6.45, 7) is 5.03. The molecule has 1 N–H and O–H groups in total. The zero-order chi connectivity index (χ0) is 19.1. The lowest BCUT2D eigenvalue weighted by molar-refractivity contribution is 0.0954. The minimum absolute atomic E-state index is 0.0882. The first-order chi connectivity index (χ1) is 13.2. The van der Waals surface area contributed by atoms with Crippen molar-refractivity contribution in [2.45, 2.75) is 26.8 Å². The van der Waals surface area contributed by atoms with Crippen molar-refractivity contribution in [3.8, 4) is 17.4 Å². The molecule has 0 aliphatic carbocycles. The molecule has 1 aromatic carbocycles. The molecule has 0 saturated carbocycles. The molecule has 5 nitrogen and oxygen atoms in total. The average molecular weight is 382 g/mol. The van der Waals surface area contributed by atoms with Gasteiger partial charge in [0.25, 0.3) is 5.91 Å². The van der Waals surface area contributed by atoms with E-state index in [2.05, 4.69) is 17.2 Å². The van der Waals surface area contributed by atoms with Crippen LogP contribution in [0.4, 0.5) is 0 Å². The summed E-state index contributed by atoms with van der Waals surface area (Å²) in [5.74, 6) is 1.86. The van der Waals surface area contributed by atoms with Gasteiger partial charge >= 0.3 is 0 Å². The number of nitrogens with one attached hydrogen (secondary N) is 1. The summed E-state index contributed by atoms with van der Waals surface area (Å²) < 4.78 is 11.5. The maximum atomic E-state index is 12.3. The Morgan fingerprint density at radius 3 is 2.63 bits per heavy atom. The molecule has 0 fully saturated rings. The van der Waals surface area contributed by atoms with E-state index >= 15 is 0 Å². The minimum atomic E-state index is -0.0882. The normalized spacial score (nSPS) is 10.4. The van der Waals surface area contributed by atoms with Gasteiger partial charge in [-0.3, -0.25) is 4.79 Å². The Bertz CT molecular complexity index is 890. The van der Waals surface area contributed by atoms with Crippen LogP contribution in [0, 0.1) is 6.92 Å². The fourth-order valence-electron chi connectivity index (χ4n) is 2.45. The van der Waals surface area contributed by atoms with E-state index < -0.39 is 0 Å². The predicted molar refractivity (Wildman–Crippen MR) is 107 cm³/mol. The zero-order valence-electron chi connectivity index (χ0n) is 15.4. The summed E-state index contributed by atoms with van der Waals surface area (Å²) in [5.41, 5.74) is 1.79.